The fourth-order valence-corrected chi connectivity index (χ4v) is 2.93. The van der Waals surface area contributed by atoms with Gasteiger partial charge in [-0.3, -0.25) is 9.59 Å². The molecule has 10 heteroatoms. The lowest BCUT2D eigenvalue weighted by atomic mass is 10.2. The fourth-order valence-electron chi connectivity index (χ4n) is 2.93. The molecule has 0 atom stereocenters. The molecule has 10 nitrogen and oxygen atoms in total. The van der Waals surface area contributed by atoms with E-state index in [1.165, 1.54) is 0 Å². The zero-order valence-electron chi connectivity index (χ0n) is 18.5. The molecular formula is C20H42N4O6+2. The van der Waals surface area contributed by atoms with Crippen molar-refractivity contribution in [1.82, 2.24) is 9.80 Å². The number of ether oxygens (including phenoxy) is 4. The van der Waals surface area contributed by atoms with E-state index in [9.17, 15) is 9.59 Å². The van der Waals surface area contributed by atoms with E-state index in [4.69, 9.17) is 18.9 Å². The Labute approximate surface area is 180 Å². The van der Waals surface area contributed by atoms with Crippen molar-refractivity contribution >= 4 is 11.8 Å². The van der Waals surface area contributed by atoms with Gasteiger partial charge < -0.3 is 40.2 Å². The summed E-state index contributed by atoms with van der Waals surface area (Å²) in [5.41, 5.74) is 7.58. The van der Waals surface area contributed by atoms with Crippen LogP contribution in [0.3, 0.4) is 0 Å². The summed E-state index contributed by atoms with van der Waals surface area (Å²) in [4.78, 5) is 28.2. The molecule has 1 rings (SSSR count). The SMILES string of the molecule is [NH3+]CCCC(=O)N1CCOCCOCCN(C(=O)CCC[NH3+])CCOCCOCC1. The van der Waals surface area contributed by atoms with Gasteiger partial charge in [0.25, 0.3) is 0 Å². The average molecular weight is 435 g/mol. The van der Waals surface area contributed by atoms with Crippen LogP contribution >= 0.6 is 0 Å². The molecule has 2 amide bonds. The summed E-state index contributed by atoms with van der Waals surface area (Å²) in [6, 6.07) is 0. The first-order valence-corrected chi connectivity index (χ1v) is 11.1. The first kappa shape index (κ1) is 26.7. The number of carbonyl (C=O) groups excluding carboxylic acids is 2. The van der Waals surface area contributed by atoms with Crippen LogP contribution in [0.5, 0.6) is 0 Å². The van der Waals surface area contributed by atoms with Gasteiger partial charge in [0, 0.05) is 51.9 Å². The number of amides is 2. The Balaban J connectivity index is 2.45. The normalized spacial score (nSPS) is 19.1. The molecule has 0 aromatic heterocycles. The molecule has 0 radical (unpaired) electrons. The van der Waals surface area contributed by atoms with Crippen molar-refractivity contribution in [2.45, 2.75) is 25.7 Å². The van der Waals surface area contributed by atoms with E-state index in [0.29, 0.717) is 91.9 Å². The highest BCUT2D eigenvalue weighted by Crippen LogP contribution is 2.00. The molecule has 0 aromatic carbocycles. The Morgan fingerprint density at radius 1 is 0.567 bits per heavy atom. The van der Waals surface area contributed by atoms with Gasteiger partial charge in [0.15, 0.2) is 0 Å². The summed E-state index contributed by atoms with van der Waals surface area (Å²) in [6.07, 6.45) is 2.57. The zero-order chi connectivity index (χ0) is 21.9. The third kappa shape index (κ3) is 13.1. The highest BCUT2D eigenvalue weighted by Gasteiger charge is 2.14. The van der Waals surface area contributed by atoms with Gasteiger partial charge in [-0.05, 0) is 0 Å². The van der Waals surface area contributed by atoms with Crippen LogP contribution in [0.2, 0.25) is 0 Å². The second kappa shape index (κ2) is 18.5. The third-order valence-corrected chi connectivity index (χ3v) is 4.75. The summed E-state index contributed by atoms with van der Waals surface area (Å²) in [7, 11) is 0. The average Bonchev–Trinajstić information content (AvgIpc) is 2.75. The molecule has 1 aliphatic rings. The Morgan fingerprint density at radius 3 is 1.13 bits per heavy atom. The molecular weight excluding hydrogens is 392 g/mol. The minimum absolute atomic E-state index is 0.108. The van der Waals surface area contributed by atoms with Gasteiger partial charge in [-0.15, -0.1) is 0 Å². The summed E-state index contributed by atoms with van der Waals surface area (Å²) in [6.45, 7) is 7.27. The summed E-state index contributed by atoms with van der Waals surface area (Å²) in [5, 5.41) is 0. The van der Waals surface area contributed by atoms with E-state index < -0.39 is 0 Å². The topological polar surface area (TPSA) is 133 Å². The fraction of sp³-hybridized carbons (Fsp3) is 0.900. The van der Waals surface area contributed by atoms with Crippen LogP contribution in [-0.4, -0.2) is 114 Å². The van der Waals surface area contributed by atoms with Crippen molar-refractivity contribution in [3.05, 3.63) is 0 Å². The van der Waals surface area contributed by atoms with Crippen LogP contribution in [0.4, 0.5) is 0 Å². The van der Waals surface area contributed by atoms with Crippen LogP contribution in [0, 0.1) is 0 Å². The van der Waals surface area contributed by atoms with Gasteiger partial charge in [-0.25, -0.2) is 0 Å². The number of quaternary nitrogens is 2. The summed E-state index contributed by atoms with van der Waals surface area (Å²) >= 11 is 0. The maximum absolute atomic E-state index is 12.3. The molecule has 0 aliphatic carbocycles. The Hall–Kier alpha value is -1.30. The molecule has 0 aromatic rings. The van der Waals surface area contributed by atoms with Crippen molar-refractivity contribution in [3.8, 4) is 0 Å². The van der Waals surface area contributed by atoms with E-state index in [-0.39, 0.29) is 11.8 Å². The Bertz CT molecular complexity index is 395. The summed E-state index contributed by atoms with van der Waals surface area (Å²) < 4.78 is 22.4. The van der Waals surface area contributed by atoms with Crippen LogP contribution < -0.4 is 11.5 Å². The van der Waals surface area contributed by atoms with Gasteiger partial charge in [-0.1, -0.05) is 0 Å². The number of nitrogens with zero attached hydrogens (tertiary/aromatic N) is 2. The van der Waals surface area contributed by atoms with Gasteiger partial charge in [0.1, 0.15) is 0 Å². The van der Waals surface area contributed by atoms with E-state index in [1.54, 1.807) is 9.80 Å². The van der Waals surface area contributed by atoms with Crippen molar-refractivity contribution < 1.29 is 40.0 Å². The lowest BCUT2D eigenvalue weighted by molar-refractivity contribution is -0.368. The monoisotopic (exact) mass is 434 g/mol. The van der Waals surface area contributed by atoms with Crippen LogP contribution in [-0.2, 0) is 28.5 Å². The first-order chi connectivity index (χ1) is 14.7. The Morgan fingerprint density at radius 2 is 0.867 bits per heavy atom. The molecule has 0 unspecified atom stereocenters. The van der Waals surface area contributed by atoms with Crippen molar-refractivity contribution in [2.24, 2.45) is 0 Å². The van der Waals surface area contributed by atoms with Gasteiger partial charge >= 0.3 is 0 Å². The van der Waals surface area contributed by atoms with Crippen LogP contribution in [0.25, 0.3) is 0 Å². The highest BCUT2D eigenvalue weighted by atomic mass is 16.5. The van der Waals surface area contributed by atoms with E-state index >= 15 is 0 Å². The van der Waals surface area contributed by atoms with Crippen molar-refractivity contribution in [1.29, 1.82) is 0 Å². The Kier molecular flexibility index (Phi) is 16.5. The first-order valence-electron chi connectivity index (χ1n) is 11.1. The molecule has 0 spiro atoms. The standard InChI is InChI=1S/C20H40N4O6/c21-5-1-3-19(25)23-7-11-27-15-17-29-13-9-24(20(26)4-2-6-22)10-14-30-18-16-28-12-8-23/h1-18,21-22H2/p+2. The second-order valence-electron chi connectivity index (χ2n) is 7.13. The molecule has 30 heavy (non-hydrogen) atoms. The molecule has 0 bridgehead atoms. The van der Waals surface area contributed by atoms with E-state index in [1.807, 2.05) is 0 Å². The van der Waals surface area contributed by atoms with Crippen molar-refractivity contribution in [2.75, 3.05) is 92.1 Å². The largest absolute Gasteiger partial charge is 0.377 e. The number of carbonyl (C=O) groups is 2. The van der Waals surface area contributed by atoms with Gasteiger partial charge in [-0.2, -0.15) is 0 Å². The van der Waals surface area contributed by atoms with Crippen LogP contribution in [0.15, 0.2) is 0 Å². The number of hydrogen-bond acceptors (Lipinski definition) is 6. The quantitative estimate of drug-likeness (QED) is 0.486. The maximum Gasteiger partial charge on any atom is 0.222 e. The molecule has 0 saturated carbocycles. The smallest absolute Gasteiger partial charge is 0.222 e. The molecule has 1 saturated heterocycles. The predicted octanol–water partition coefficient (Wildman–Crippen LogP) is -2.23. The van der Waals surface area contributed by atoms with Crippen molar-refractivity contribution in [3.63, 3.8) is 0 Å². The minimum Gasteiger partial charge on any atom is -0.377 e. The lowest BCUT2D eigenvalue weighted by Crippen LogP contribution is -2.50. The lowest BCUT2D eigenvalue weighted by Gasteiger charge is -2.24. The molecule has 1 heterocycles. The van der Waals surface area contributed by atoms with Gasteiger partial charge in [0.05, 0.1) is 65.9 Å². The second-order valence-corrected chi connectivity index (χ2v) is 7.13. The number of rotatable bonds is 6. The highest BCUT2D eigenvalue weighted by molar-refractivity contribution is 5.76. The maximum atomic E-state index is 12.3. The van der Waals surface area contributed by atoms with Gasteiger partial charge in [0.2, 0.25) is 11.8 Å². The van der Waals surface area contributed by atoms with E-state index in [2.05, 4.69) is 11.5 Å². The van der Waals surface area contributed by atoms with Crippen LogP contribution in [0.1, 0.15) is 25.7 Å². The zero-order valence-corrected chi connectivity index (χ0v) is 18.5. The molecule has 176 valence electrons. The number of hydrogen-bond donors (Lipinski definition) is 2. The molecule has 1 fully saturated rings. The molecule has 1 aliphatic heterocycles. The molecule has 6 N–H and O–H groups in total. The van der Waals surface area contributed by atoms with E-state index in [0.717, 1.165) is 25.9 Å². The summed E-state index contributed by atoms with van der Waals surface area (Å²) in [5.74, 6) is 0.215. The third-order valence-electron chi connectivity index (χ3n) is 4.75. The minimum atomic E-state index is 0.108. The predicted molar refractivity (Wildman–Crippen MR) is 110 cm³/mol.